The van der Waals surface area contributed by atoms with Crippen LogP contribution < -0.4 is 0 Å². The SMILES string of the molecule is Cn1nccc1S(=O)(=O)N1C[C@H](O)C[C@@H]1c1ccc(F)c(F)c1. The molecule has 6 nitrogen and oxygen atoms in total. The maximum absolute atomic E-state index is 13.5. The molecule has 0 bridgehead atoms. The molecular formula is C14H15F2N3O3S. The fourth-order valence-electron chi connectivity index (χ4n) is 2.81. The van der Waals surface area contributed by atoms with Crippen LogP contribution in [0.2, 0.25) is 0 Å². The van der Waals surface area contributed by atoms with Crippen molar-refractivity contribution in [2.24, 2.45) is 7.05 Å². The molecule has 1 fully saturated rings. The maximum Gasteiger partial charge on any atom is 0.260 e. The first kappa shape index (κ1) is 16.0. The zero-order valence-corrected chi connectivity index (χ0v) is 13.0. The summed E-state index contributed by atoms with van der Waals surface area (Å²) in [4.78, 5) is 0. The number of halogens is 2. The van der Waals surface area contributed by atoms with E-state index in [0.717, 1.165) is 16.4 Å². The Hall–Kier alpha value is -1.84. The number of aliphatic hydroxyl groups is 1. The Labute approximate surface area is 132 Å². The standard InChI is InChI=1S/C14H15F2N3O3S/c1-18-14(4-5-17-18)23(21,22)19-8-10(20)7-13(19)9-2-3-11(15)12(16)6-9/h2-6,10,13,20H,7-8H2,1H3/t10-,13-/m1/s1. The monoisotopic (exact) mass is 343 g/mol. The number of aliphatic hydroxyl groups excluding tert-OH is 1. The normalized spacial score (nSPS) is 22.6. The highest BCUT2D eigenvalue weighted by Gasteiger charge is 2.41. The van der Waals surface area contributed by atoms with Gasteiger partial charge in [-0.3, -0.25) is 4.68 Å². The minimum absolute atomic E-state index is 0.0285. The third-order valence-corrected chi connectivity index (χ3v) is 5.86. The predicted octanol–water partition coefficient (Wildman–Crippen LogP) is 1.19. The Morgan fingerprint density at radius 3 is 2.61 bits per heavy atom. The summed E-state index contributed by atoms with van der Waals surface area (Å²) in [5.41, 5.74) is 0.297. The Bertz CT molecular complexity index is 838. The second-order valence-corrected chi connectivity index (χ2v) is 7.28. The lowest BCUT2D eigenvalue weighted by Crippen LogP contribution is -2.33. The number of β-amino-alcohol motifs (C(OH)–C–C–N with tert-alkyl or cyclic N) is 1. The summed E-state index contributed by atoms with van der Waals surface area (Å²) in [5, 5.41) is 13.7. The van der Waals surface area contributed by atoms with Crippen LogP contribution in [0.15, 0.2) is 35.5 Å². The molecule has 2 atom stereocenters. The van der Waals surface area contributed by atoms with Crippen LogP contribution in [-0.2, 0) is 17.1 Å². The van der Waals surface area contributed by atoms with E-state index in [1.165, 1.54) is 30.1 Å². The molecule has 0 saturated carbocycles. The van der Waals surface area contributed by atoms with E-state index in [0.29, 0.717) is 5.56 Å². The zero-order chi connectivity index (χ0) is 16.8. The first-order valence-corrected chi connectivity index (χ1v) is 8.37. The maximum atomic E-state index is 13.5. The smallest absolute Gasteiger partial charge is 0.260 e. The second-order valence-electron chi connectivity index (χ2n) is 5.45. The average molecular weight is 343 g/mol. The number of aryl methyl sites for hydroxylation is 1. The lowest BCUT2D eigenvalue weighted by atomic mass is 10.0. The van der Waals surface area contributed by atoms with Gasteiger partial charge in [0, 0.05) is 13.6 Å². The van der Waals surface area contributed by atoms with Gasteiger partial charge in [0.15, 0.2) is 16.7 Å². The molecule has 0 unspecified atom stereocenters. The highest BCUT2D eigenvalue weighted by molar-refractivity contribution is 7.89. The van der Waals surface area contributed by atoms with Crippen molar-refractivity contribution < 1.29 is 22.3 Å². The highest BCUT2D eigenvalue weighted by Crippen LogP contribution is 2.37. The molecular weight excluding hydrogens is 328 g/mol. The van der Waals surface area contributed by atoms with Gasteiger partial charge in [0.05, 0.1) is 18.3 Å². The van der Waals surface area contributed by atoms with E-state index in [-0.39, 0.29) is 18.0 Å². The van der Waals surface area contributed by atoms with Crippen molar-refractivity contribution in [3.8, 4) is 0 Å². The van der Waals surface area contributed by atoms with Crippen molar-refractivity contribution in [2.45, 2.75) is 23.6 Å². The molecule has 3 rings (SSSR count). The van der Waals surface area contributed by atoms with Gasteiger partial charge in [0.2, 0.25) is 0 Å². The molecule has 0 radical (unpaired) electrons. The number of rotatable bonds is 3. The quantitative estimate of drug-likeness (QED) is 0.909. The molecule has 1 aliphatic heterocycles. The molecule has 1 aliphatic rings. The molecule has 0 spiro atoms. The van der Waals surface area contributed by atoms with Gasteiger partial charge in [-0.1, -0.05) is 6.07 Å². The van der Waals surface area contributed by atoms with E-state index in [1.54, 1.807) is 0 Å². The number of hydrogen-bond acceptors (Lipinski definition) is 4. The van der Waals surface area contributed by atoms with Crippen molar-refractivity contribution in [2.75, 3.05) is 6.54 Å². The number of aromatic nitrogens is 2. The van der Waals surface area contributed by atoms with E-state index in [1.807, 2.05) is 0 Å². The number of sulfonamides is 1. The van der Waals surface area contributed by atoms with Gasteiger partial charge in [-0.05, 0) is 30.2 Å². The van der Waals surface area contributed by atoms with E-state index < -0.39 is 33.8 Å². The molecule has 2 aromatic rings. The first-order valence-electron chi connectivity index (χ1n) is 6.93. The summed E-state index contributed by atoms with van der Waals surface area (Å²) in [6.07, 6.45) is 0.588. The van der Waals surface area contributed by atoms with E-state index in [2.05, 4.69) is 5.10 Å². The molecule has 0 aliphatic carbocycles. The summed E-state index contributed by atoms with van der Waals surface area (Å²) in [6.45, 7) is -0.114. The molecule has 1 aromatic heterocycles. The summed E-state index contributed by atoms with van der Waals surface area (Å²) >= 11 is 0. The van der Waals surface area contributed by atoms with Gasteiger partial charge in [-0.25, -0.2) is 17.2 Å². The van der Waals surface area contributed by atoms with Crippen LogP contribution in [0.3, 0.4) is 0 Å². The van der Waals surface area contributed by atoms with Crippen molar-refractivity contribution in [1.82, 2.24) is 14.1 Å². The molecule has 124 valence electrons. The molecule has 1 saturated heterocycles. The van der Waals surface area contributed by atoms with Gasteiger partial charge in [-0.15, -0.1) is 0 Å². The summed E-state index contributed by atoms with van der Waals surface area (Å²) in [7, 11) is -2.43. The number of hydrogen-bond donors (Lipinski definition) is 1. The van der Waals surface area contributed by atoms with Crippen molar-refractivity contribution >= 4 is 10.0 Å². The minimum atomic E-state index is -3.92. The summed E-state index contributed by atoms with van der Waals surface area (Å²) in [6, 6.07) is 3.82. The van der Waals surface area contributed by atoms with Crippen LogP contribution in [0, 0.1) is 11.6 Å². The van der Waals surface area contributed by atoms with Crippen LogP contribution in [0.5, 0.6) is 0 Å². The molecule has 2 heterocycles. The molecule has 9 heteroatoms. The van der Waals surface area contributed by atoms with Crippen LogP contribution in [-0.4, -0.2) is 40.3 Å². The number of nitrogens with zero attached hydrogens (tertiary/aromatic N) is 3. The van der Waals surface area contributed by atoms with Crippen molar-refractivity contribution in [1.29, 1.82) is 0 Å². The molecule has 23 heavy (non-hydrogen) atoms. The fraction of sp³-hybridized carbons (Fsp3) is 0.357. The first-order chi connectivity index (χ1) is 10.8. The van der Waals surface area contributed by atoms with Crippen LogP contribution in [0.4, 0.5) is 8.78 Å². The Kier molecular flexibility index (Phi) is 3.95. The predicted molar refractivity (Wildman–Crippen MR) is 76.8 cm³/mol. The second kappa shape index (κ2) is 5.66. The van der Waals surface area contributed by atoms with E-state index in [4.69, 9.17) is 0 Å². The van der Waals surface area contributed by atoms with Crippen LogP contribution in [0.1, 0.15) is 18.0 Å². The number of benzene rings is 1. The lowest BCUT2D eigenvalue weighted by molar-refractivity contribution is 0.188. The molecule has 1 N–H and O–H groups in total. The van der Waals surface area contributed by atoms with Gasteiger partial charge in [0.25, 0.3) is 10.0 Å². The van der Waals surface area contributed by atoms with Gasteiger partial charge in [-0.2, -0.15) is 9.40 Å². The summed E-state index contributed by atoms with van der Waals surface area (Å²) in [5.74, 6) is -2.06. The van der Waals surface area contributed by atoms with E-state index in [9.17, 15) is 22.3 Å². The third-order valence-electron chi connectivity index (χ3n) is 3.91. The van der Waals surface area contributed by atoms with Crippen LogP contribution in [0.25, 0.3) is 0 Å². The highest BCUT2D eigenvalue weighted by atomic mass is 32.2. The Balaban J connectivity index is 2.03. The summed E-state index contributed by atoms with van der Waals surface area (Å²) < 4.78 is 54.4. The largest absolute Gasteiger partial charge is 0.392 e. The Morgan fingerprint density at radius 1 is 1.26 bits per heavy atom. The van der Waals surface area contributed by atoms with Gasteiger partial charge in [0.1, 0.15) is 0 Å². The zero-order valence-electron chi connectivity index (χ0n) is 12.2. The van der Waals surface area contributed by atoms with Crippen molar-refractivity contribution in [3.05, 3.63) is 47.7 Å². The van der Waals surface area contributed by atoms with Gasteiger partial charge < -0.3 is 5.11 Å². The average Bonchev–Trinajstić information content (AvgIpc) is 3.08. The fourth-order valence-corrected chi connectivity index (χ4v) is 4.57. The Morgan fingerprint density at radius 2 is 2.00 bits per heavy atom. The van der Waals surface area contributed by atoms with E-state index >= 15 is 0 Å². The van der Waals surface area contributed by atoms with Crippen molar-refractivity contribution in [3.63, 3.8) is 0 Å². The topological polar surface area (TPSA) is 75.4 Å². The van der Waals surface area contributed by atoms with Crippen LogP contribution >= 0.6 is 0 Å². The lowest BCUT2D eigenvalue weighted by Gasteiger charge is -2.24. The molecule has 1 aromatic carbocycles. The molecule has 0 amide bonds. The third kappa shape index (κ3) is 2.75. The minimum Gasteiger partial charge on any atom is -0.392 e. The van der Waals surface area contributed by atoms with Gasteiger partial charge >= 0.3 is 0 Å².